The van der Waals surface area contributed by atoms with Gasteiger partial charge in [-0.1, -0.05) is 20.8 Å². The Bertz CT molecular complexity index is 438. The highest BCUT2D eigenvalue weighted by Gasteiger charge is 2.54. The maximum atomic E-state index is 12.0. The van der Waals surface area contributed by atoms with Gasteiger partial charge in [0, 0.05) is 19.0 Å². The second kappa shape index (κ2) is 4.22. The lowest BCUT2D eigenvalue weighted by Gasteiger charge is -2.46. The molecule has 2 saturated heterocycles. The van der Waals surface area contributed by atoms with Crippen molar-refractivity contribution in [3.8, 4) is 6.07 Å². The molecular formula is C13H23N3O2Si. The van der Waals surface area contributed by atoms with E-state index in [-0.39, 0.29) is 17.1 Å². The molecule has 0 saturated carbocycles. The summed E-state index contributed by atoms with van der Waals surface area (Å²) >= 11 is 0. The lowest BCUT2D eigenvalue weighted by atomic mass is 9.99. The second-order valence-electron chi connectivity index (χ2n) is 7.05. The van der Waals surface area contributed by atoms with E-state index in [4.69, 9.17) is 4.43 Å². The fourth-order valence-electron chi connectivity index (χ4n) is 2.40. The highest BCUT2D eigenvalue weighted by molar-refractivity contribution is 6.74. The number of urea groups is 1. The number of nitrogens with zero attached hydrogens (tertiary/aromatic N) is 2. The molecular weight excluding hydrogens is 258 g/mol. The Kier molecular flexibility index (Phi) is 3.18. The third-order valence-corrected chi connectivity index (χ3v) is 9.11. The molecule has 2 aliphatic heterocycles. The summed E-state index contributed by atoms with van der Waals surface area (Å²) in [5.74, 6) is 0. The van der Waals surface area contributed by atoms with E-state index in [2.05, 4.69) is 45.3 Å². The maximum absolute atomic E-state index is 12.0. The monoisotopic (exact) mass is 281 g/mol. The molecule has 2 aliphatic rings. The number of hydrogen-bond acceptors (Lipinski definition) is 3. The largest absolute Gasteiger partial charge is 0.384 e. The van der Waals surface area contributed by atoms with Crippen LogP contribution in [0, 0.1) is 11.3 Å². The summed E-state index contributed by atoms with van der Waals surface area (Å²) in [6.45, 7) is 11.2. The van der Waals surface area contributed by atoms with Crippen LogP contribution in [0.3, 0.4) is 0 Å². The van der Waals surface area contributed by atoms with Gasteiger partial charge in [-0.05, 0) is 24.6 Å². The van der Waals surface area contributed by atoms with Crippen LogP contribution in [0.15, 0.2) is 0 Å². The number of rotatable bonds is 2. The van der Waals surface area contributed by atoms with E-state index >= 15 is 0 Å². The molecule has 2 rings (SSSR count). The van der Waals surface area contributed by atoms with Gasteiger partial charge < -0.3 is 9.74 Å². The van der Waals surface area contributed by atoms with Gasteiger partial charge in [-0.25, -0.2) is 4.79 Å². The fraction of sp³-hybridized carbons (Fsp3) is 0.846. The van der Waals surface area contributed by atoms with Crippen molar-refractivity contribution in [3.63, 3.8) is 0 Å². The predicted octanol–water partition coefficient (Wildman–Crippen LogP) is 2.42. The zero-order valence-electron chi connectivity index (χ0n) is 12.4. The lowest BCUT2D eigenvalue weighted by molar-refractivity contribution is -0.0346. The number of piperidine rings is 1. The van der Waals surface area contributed by atoms with Gasteiger partial charge >= 0.3 is 6.03 Å². The van der Waals surface area contributed by atoms with Crippen molar-refractivity contribution in [1.29, 1.82) is 5.26 Å². The van der Waals surface area contributed by atoms with Crippen molar-refractivity contribution in [3.05, 3.63) is 0 Å². The normalized spacial score (nSPS) is 31.1. The Morgan fingerprint density at radius 1 is 1.53 bits per heavy atom. The first-order valence-corrected chi connectivity index (χ1v) is 9.72. The number of fused-ring (bicyclic) bond motifs is 2. The molecule has 2 atom stereocenters. The van der Waals surface area contributed by atoms with Crippen molar-refractivity contribution >= 4 is 14.3 Å². The number of nitriles is 1. The summed E-state index contributed by atoms with van der Waals surface area (Å²) in [5, 5.41) is 12.6. The first kappa shape index (κ1) is 14.3. The molecule has 6 heteroatoms. The highest BCUT2D eigenvalue weighted by atomic mass is 28.4. The van der Waals surface area contributed by atoms with Crippen LogP contribution >= 0.6 is 0 Å². The van der Waals surface area contributed by atoms with Gasteiger partial charge in [-0.2, -0.15) is 5.26 Å². The molecule has 0 spiro atoms. The van der Waals surface area contributed by atoms with Crippen LogP contribution in [-0.2, 0) is 4.43 Å². The van der Waals surface area contributed by atoms with E-state index in [0.29, 0.717) is 13.0 Å². The first-order valence-electron chi connectivity index (χ1n) is 6.81. The van der Waals surface area contributed by atoms with Gasteiger partial charge in [0.2, 0.25) is 5.72 Å². The van der Waals surface area contributed by atoms with Crippen LogP contribution in [0.2, 0.25) is 18.1 Å². The van der Waals surface area contributed by atoms with Gasteiger partial charge in [-0.3, -0.25) is 4.90 Å². The maximum Gasteiger partial charge on any atom is 0.320 e. The molecule has 0 aromatic heterocycles. The van der Waals surface area contributed by atoms with E-state index in [0.717, 1.165) is 6.42 Å². The van der Waals surface area contributed by atoms with Gasteiger partial charge in [0.15, 0.2) is 8.32 Å². The fourth-order valence-corrected chi connectivity index (χ4v) is 3.81. The molecule has 0 aromatic rings. The van der Waals surface area contributed by atoms with Crippen LogP contribution in [0.25, 0.3) is 0 Å². The Morgan fingerprint density at radius 2 is 2.16 bits per heavy atom. The molecule has 2 heterocycles. The van der Waals surface area contributed by atoms with Crippen LogP contribution in [0.5, 0.6) is 0 Å². The Hall–Kier alpha value is -1.06. The zero-order valence-corrected chi connectivity index (χ0v) is 13.4. The summed E-state index contributed by atoms with van der Waals surface area (Å²) in [5.41, 5.74) is -1.07. The average Bonchev–Trinajstić information content (AvgIpc) is 2.60. The van der Waals surface area contributed by atoms with E-state index < -0.39 is 14.0 Å². The number of carbonyl (C=O) groups excluding carboxylic acids is 1. The van der Waals surface area contributed by atoms with Crippen molar-refractivity contribution in [2.45, 2.75) is 63.5 Å². The van der Waals surface area contributed by atoms with E-state index in [1.165, 1.54) is 0 Å². The Balaban J connectivity index is 2.30. The summed E-state index contributed by atoms with van der Waals surface area (Å²) in [7, 11) is -2.10. The van der Waals surface area contributed by atoms with Crippen molar-refractivity contribution in [2.24, 2.45) is 0 Å². The quantitative estimate of drug-likeness (QED) is 0.790. The molecule has 2 unspecified atom stereocenters. The minimum Gasteiger partial charge on any atom is -0.384 e. The highest BCUT2D eigenvalue weighted by Crippen LogP contribution is 2.43. The van der Waals surface area contributed by atoms with Crippen molar-refractivity contribution in [1.82, 2.24) is 10.2 Å². The SMILES string of the molecule is CC(C)(C)[Si](C)(C)OC1(C#N)CCC2CN1C(=O)N2. The van der Waals surface area contributed by atoms with Crippen LogP contribution in [0.1, 0.15) is 33.6 Å². The molecule has 2 bridgehead atoms. The summed E-state index contributed by atoms with van der Waals surface area (Å²) in [6, 6.07) is 2.29. The number of nitrogens with one attached hydrogen (secondary N) is 1. The third kappa shape index (κ3) is 2.25. The van der Waals surface area contributed by atoms with Gasteiger partial charge in [0.1, 0.15) is 6.07 Å². The summed E-state index contributed by atoms with van der Waals surface area (Å²) < 4.78 is 6.32. The van der Waals surface area contributed by atoms with Gasteiger partial charge in [0.05, 0.1) is 0 Å². The zero-order chi connectivity index (χ0) is 14.5. The number of amides is 2. The van der Waals surface area contributed by atoms with Crippen LogP contribution in [0.4, 0.5) is 4.79 Å². The number of hydrogen-bond donors (Lipinski definition) is 1. The average molecular weight is 281 g/mol. The topological polar surface area (TPSA) is 65.4 Å². The molecule has 1 N–H and O–H groups in total. The Morgan fingerprint density at radius 3 is 2.68 bits per heavy atom. The number of carbonyl (C=O) groups is 1. The van der Waals surface area contributed by atoms with Crippen molar-refractivity contribution in [2.75, 3.05) is 6.54 Å². The third-order valence-electron chi connectivity index (χ3n) is 4.65. The minimum atomic E-state index is -2.10. The van der Waals surface area contributed by atoms with Crippen LogP contribution in [-0.4, -0.2) is 37.6 Å². The minimum absolute atomic E-state index is 0.0178. The van der Waals surface area contributed by atoms with Crippen LogP contribution < -0.4 is 5.32 Å². The predicted molar refractivity (Wildman–Crippen MR) is 74.9 cm³/mol. The first-order chi connectivity index (χ1) is 8.61. The molecule has 0 radical (unpaired) electrons. The molecule has 2 fully saturated rings. The van der Waals surface area contributed by atoms with Gasteiger partial charge in [0.25, 0.3) is 0 Å². The molecule has 0 aromatic carbocycles. The molecule has 2 amide bonds. The summed E-state index contributed by atoms with van der Waals surface area (Å²) in [6.07, 6.45) is 1.41. The van der Waals surface area contributed by atoms with E-state index in [1.807, 2.05) is 0 Å². The molecule has 0 aliphatic carbocycles. The molecule has 5 nitrogen and oxygen atoms in total. The molecule has 106 valence electrons. The summed E-state index contributed by atoms with van der Waals surface area (Å²) in [4.78, 5) is 13.5. The Labute approximate surface area is 116 Å². The second-order valence-corrected chi connectivity index (χ2v) is 11.8. The van der Waals surface area contributed by atoms with Crippen molar-refractivity contribution < 1.29 is 9.22 Å². The standard InChI is InChI=1S/C13H23N3O2Si/c1-12(2,3)19(4,5)18-13(9-14)7-6-10-8-16(13)11(17)15-10/h10H,6-8H2,1-5H3,(H,15,17). The van der Waals surface area contributed by atoms with E-state index in [9.17, 15) is 10.1 Å². The molecule has 19 heavy (non-hydrogen) atoms. The van der Waals surface area contributed by atoms with Gasteiger partial charge in [-0.15, -0.1) is 0 Å². The van der Waals surface area contributed by atoms with E-state index in [1.54, 1.807) is 4.90 Å². The smallest absolute Gasteiger partial charge is 0.320 e. The lowest BCUT2D eigenvalue weighted by Crippen LogP contribution is -2.59.